The lowest BCUT2D eigenvalue weighted by Crippen LogP contribution is -2.31. The Morgan fingerprint density at radius 3 is 2.44 bits per heavy atom. The number of hydrogen-bond donors (Lipinski definition) is 1. The fourth-order valence-corrected chi connectivity index (χ4v) is 3.03. The summed E-state index contributed by atoms with van der Waals surface area (Å²) in [5.41, 5.74) is 2.60. The van der Waals surface area contributed by atoms with E-state index in [1.807, 2.05) is 73.6 Å². The van der Waals surface area contributed by atoms with Gasteiger partial charge in [0.15, 0.2) is 0 Å². The van der Waals surface area contributed by atoms with E-state index in [0.717, 1.165) is 11.4 Å². The van der Waals surface area contributed by atoms with Gasteiger partial charge in [0.05, 0.1) is 0 Å². The molecule has 1 fully saturated rings. The van der Waals surface area contributed by atoms with Gasteiger partial charge in [0.1, 0.15) is 0 Å². The highest BCUT2D eigenvalue weighted by Gasteiger charge is 2.30. The molecule has 1 atom stereocenters. The Kier molecular flexibility index (Phi) is 5.03. The van der Waals surface area contributed by atoms with Gasteiger partial charge < -0.3 is 15.1 Å². The van der Waals surface area contributed by atoms with Crippen molar-refractivity contribution in [3.8, 4) is 0 Å². The molecule has 1 saturated heterocycles. The lowest BCUT2D eigenvalue weighted by atomic mass is 10.1. The van der Waals surface area contributed by atoms with Gasteiger partial charge in [-0.2, -0.15) is 0 Å². The van der Waals surface area contributed by atoms with Crippen molar-refractivity contribution in [1.82, 2.24) is 5.32 Å². The lowest BCUT2D eigenvalue weighted by Gasteiger charge is -2.17. The van der Waals surface area contributed by atoms with E-state index >= 15 is 0 Å². The Labute approximate surface area is 148 Å². The van der Waals surface area contributed by atoms with E-state index in [1.165, 1.54) is 0 Å². The molecule has 2 aromatic carbocycles. The van der Waals surface area contributed by atoms with Crippen LogP contribution in [-0.4, -0.2) is 39.0 Å². The average molecular weight is 337 g/mol. The van der Waals surface area contributed by atoms with Crippen molar-refractivity contribution < 1.29 is 9.59 Å². The quantitative estimate of drug-likeness (QED) is 0.912. The minimum Gasteiger partial charge on any atom is -0.378 e. The molecule has 2 aromatic rings. The molecule has 0 spiro atoms. The first-order chi connectivity index (χ1) is 12.0. The lowest BCUT2D eigenvalue weighted by molar-refractivity contribution is -0.117. The minimum atomic E-state index is -0.101. The third kappa shape index (κ3) is 3.99. The zero-order valence-electron chi connectivity index (χ0n) is 14.6. The third-order valence-corrected chi connectivity index (χ3v) is 4.47. The highest BCUT2D eigenvalue weighted by molar-refractivity contribution is 5.96. The topological polar surface area (TPSA) is 52.7 Å². The van der Waals surface area contributed by atoms with Crippen molar-refractivity contribution in [2.24, 2.45) is 5.92 Å². The maximum Gasteiger partial charge on any atom is 0.251 e. The highest BCUT2D eigenvalue weighted by Crippen LogP contribution is 2.24. The number of amides is 2. The van der Waals surface area contributed by atoms with Crippen LogP contribution < -0.4 is 15.1 Å². The van der Waals surface area contributed by atoms with Gasteiger partial charge in [-0.05, 0) is 36.4 Å². The molecule has 0 radical (unpaired) electrons. The molecule has 0 aromatic heterocycles. The SMILES string of the molecule is CN(C)c1ccc(C(=O)NCC2CC(=O)N(c3ccccc3)C2)cc1. The normalized spacial score (nSPS) is 16.8. The van der Waals surface area contributed by atoms with Crippen LogP contribution >= 0.6 is 0 Å². The first-order valence-electron chi connectivity index (χ1n) is 8.45. The van der Waals surface area contributed by atoms with E-state index < -0.39 is 0 Å². The number of rotatable bonds is 5. The smallest absolute Gasteiger partial charge is 0.251 e. The maximum absolute atomic E-state index is 12.3. The number of anilines is 2. The Balaban J connectivity index is 1.55. The maximum atomic E-state index is 12.3. The predicted octanol–water partition coefficient (Wildman–Crippen LogP) is 2.54. The number of carbonyl (C=O) groups excluding carboxylic acids is 2. The summed E-state index contributed by atoms with van der Waals surface area (Å²) in [6.45, 7) is 1.14. The van der Waals surface area contributed by atoms with E-state index in [2.05, 4.69) is 5.32 Å². The molecule has 5 nitrogen and oxygen atoms in total. The van der Waals surface area contributed by atoms with Crippen molar-refractivity contribution in [2.75, 3.05) is 37.0 Å². The summed E-state index contributed by atoms with van der Waals surface area (Å²) in [6.07, 6.45) is 0.467. The summed E-state index contributed by atoms with van der Waals surface area (Å²) in [5, 5.41) is 2.95. The molecular weight excluding hydrogens is 314 g/mol. The number of carbonyl (C=O) groups is 2. The second-order valence-corrected chi connectivity index (χ2v) is 6.56. The Morgan fingerprint density at radius 2 is 1.80 bits per heavy atom. The van der Waals surface area contributed by atoms with Gasteiger partial charge in [0, 0.05) is 56.5 Å². The molecular formula is C20H23N3O2. The molecule has 0 bridgehead atoms. The summed E-state index contributed by atoms with van der Waals surface area (Å²) in [5.74, 6) is 0.148. The van der Waals surface area contributed by atoms with Gasteiger partial charge in [-0.3, -0.25) is 9.59 Å². The molecule has 1 unspecified atom stereocenters. The fourth-order valence-electron chi connectivity index (χ4n) is 3.03. The van der Waals surface area contributed by atoms with Gasteiger partial charge in [-0.15, -0.1) is 0 Å². The summed E-state index contributed by atoms with van der Waals surface area (Å²) in [7, 11) is 3.93. The molecule has 1 heterocycles. The molecule has 1 N–H and O–H groups in total. The van der Waals surface area contributed by atoms with Crippen molar-refractivity contribution in [2.45, 2.75) is 6.42 Å². The first kappa shape index (κ1) is 17.0. The Morgan fingerprint density at radius 1 is 1.12 bits per heavy atom. The van der Waals surface area contributed by atoms with Gasteiger partial charge >= 0.3 is 0 Å². The molecule has 2 amide bonds. The van der Waals surface area contributed by atoms with Crippen LogP contribution in [-0.2, 0) is 4.79 Å². The average Bonchev–Trinajstić information content (AvgIpc) is 3.01. The number of nitrogens with zero attached hydrogens (tertiary/aromatic N) is 2. The zero-order chi connectivity index (χ0) is 17.8. The highest BCUT2D eigenvalue weighted by atomic mass is 16.2. The van der Waals surface area contributed by atoms with E-state index in [0.29, 0.717) is 25.1 Å². The van der Waals surface area contributed by atoms with E-state index in [4.69, 9.17) is 0 Å². The van der Waals surface area contributed by atoms with E-state index in [-0.39, 0.29) is 17.7 Å². The molecule has 0 saturated carbocycles. The zero-order valence-corrected chi connectivity index (χ0v) is 14.6. The van der Waals surface area contributed by atoms with Crippen molar-refractivity contribution >= 4 is 23.2 Å². The monoisotopic (exact) mass is 337 g/mol. The van der Waals surface area contributed by atoms with Gasteiger partial charge in [0.25, 0.3) is 5.91 Å². The minimum absolute atomic E-state index is 0.101. The van der Waals surface area contributed by atoms with Crippen LogP contribution in [0.25, 0.3) is 0 Å². The first-order valence-corrected chi connectivity index (χ1v) is 8.45. The van der Waals surface area contributed by atoms with Gasteiger partial charge in [-0.25, -0.2) is 0 Å². The van der Waals surface area contributed by atoms with Crippen LogP contribution in [0.2, 0.25) is 0 Å². The van der Waals surface area contributed by atoms with Crippen molar-refractivity contribution in [3.63, 3.8) is 0 Å². The molecule has 1 aliphatic heterocycles. The van der Waals surface area contributed by atoms with Crippen LogP contribution in [0.5, 0.6) is 0 Å². The van der Waals surface area contributed by atoms with Crippen LogP contribution in [0.4, 0.5) is 11.4 Å². The summed E-state index contributed by atoms with van der Waals surface area (Å²) < 4.78 is 0. The number of nitrogens with one attached hydrogen (secondary N) is 1. The standard InChI is InChI=1S/C20H23N3O2/c1-22(2)17-10-8-16(9-11-17)20(25)21-13-15-12-19(24)23(14-15)18-6-4-3-5-7-18/h3-11,15H,12-14H2,1-2H3,(H,21,25). The third-order valence-electron chi connectivity index (χ3n) is 4.47. The van der Waals surface area contributed by atoms with Crippen LogP contribution in [0.3, 0.4) is 0 Å². The van der Waals surface area contributed by atoms with E-state index in [9.17, 15) is 9.59 Å². The van der Waals surface area contributed by atoms with E-state index in [1.54, 1.807) is 4.90 Å². The Hall–Kier alpha value is -2.82. The largest absolute Gasteiger partial charge is 0.378 e. The summed E-state index contributed by atoms with van der Waals surface area (Å²) in [6, 6.07) is 17.1. The van der Waals surface area contributed by atoms with Gasteiger partial charge in [0.2, 0.25) is 5.91 Å². The second kappa shape index (κ2) is 7.38. The number of para-hydroxylation sites is 1. The van der Waals surface area contributed by atoms with Crippen molar-refractivity contribution in [1.29, 1.82) is 0 Å². The number of hydrogen-bond acceptors (Lipinski definition) is 3. The Bertz CT molecular complexity index is 741. The van der Waals surface area contributed by atoms with Crippen LogP contribution in [0, 0.1) is 5.92 Å². The summed E-state index contributed by atoms with van der Waals surface area (Å²) in [4.78, 5) is 28.3. The molecule has 25 heavy (non-hydrogen) atoms. The molecule has 3 rings (SSSR count). The van der Waals surface area contributed by atoms with Crippen molar-refractivity contribution in [3.05, 3.63) is 60.2 Å². The predicted molar refractivity (Wildman–Crippen MR) is 100 cm³/mol. The molecule has 1 aliphatic rings. The second-order valence-electron chi connectivity index (χ2n) is 6.56. The van der Waals surface area contributed by atoms with Crippen LogP contribution in [0.1, 0.15) is 16.8 Å². The fraction of sp³-hybridized carbons (Fsp3) is 0.300. The molecule has 5 heteroatoms. The number of benzene rings is 2. The molecule has 0 aliphatic carbocycles. The summed E-state index contributed by atoms with van der Waals surface area (Å²) >= 11 is 0. The molecule has 130 valence electrons. The van der Waals surface area contributed by atoms with Gasteiger partial charge in [-0.1, -0.05) is 18.2 Å². The van der Waals surface area contributed by atoms with Crippen LogP contribution in [0.15, 0.2) is 54.6 Å².